The van der Waals surface area contributed by atoms with Crippen molar-refractivity contribution >= 4 is 11.2 Å². The molecule has 0 spiro atoms. The van der Waals surface area contributed by atoms with Crippen molar-refractivity contribution in [2.24, 2.45) is 0 Å². The summed E-state index contributed by atoms with van der Waals surface area (Å²) >= 11 is -5.06. The number of hydrogen-bond donors (Lipinski definition) is 0. The highest BCUT2D eigenvalue weighted by molar-refractivity contribution is 8.20. The number of hydrogen-bond acceptors (Lipinski definition) is 0. The third-order valence-electron chi connectivity index (χ3n) is 3.01. The standard InChI is InChI=1S/C14H21F3S/c1-2-3-4-5-6-7-8-13-9-11-14(12-10-13)18(15,16)17/h9-12H,2-8H2,1H3. The Balaban J connectivity index is 2.27. The van der Waals surface area contributed by atoms with Gasteiger partial charge in [-0.25, -0.2) is 0 Å². The zero-order valence-electron chi connectivity index (χ0n) is 10.8. The third-order valence-corrected chi connectivity index (χ3v) is 3.82. The minimum Gasteiger partial charge on any atom is -0.120 e. The molecule has 0 aliphatic carbocycles. The van der Waals surface area contributed by atoms with E-state index in [1.165, 1.54) is 44.2 Å². The molecule has 0 amide bonds. The molecule has 0 fully saturated rings. The molecular formula is C14H21F3S. The Labute approximate surface area is 110 Å². The molecule has 0 aliphatic heterocycles. The van der Waals surface area contributed by atoms with Crippen molar-refractivity contribution in [3.05, 3.63) is 29.8 Å². The van der Waals surface area contributed by atoms with E-state index < -0.39 is 16.1 Å². The second kappa shape index (κ2) is 7.72. The molecule has 18 heavy (non-hydrogen) atoms. The molecule has 0 aliphatic rings. The molecular weight excluding hydrogens is 257 g/mol. The lowest BCUT2D eigenvalue weighted by Crippen LogP contribution is -1.87. The topological polar surface area (TPSA) is 0 Å². The van der Waals surface area contributed by atoms with E-state index in [0.717, 1.165) is 18.4 Å². The van der Waals surface area contributed by atoms with Gasteiger partial charge in [-0.05, 0) is 30.5 Å². The van der Waals surface area contributed by atoms with E-state index in [-0.39, 0.29) is 0 Å². The van der Waals surface area contributed by atoms with Gasteiger partial charge in [-0.15, -0.1) is 11.7 Å². The molecule has 4 heteroatoms. The Kier molecular flexibility index (Phi) is 6.61. The lowest BCUT2D eigenvalue weighted by molar-refractivity contribution is 0.607. The summed E-state index contributed by atoms with van der Waals surface area (Å²) in [6.07, 6.45) is 8.16. The van der Waals surface area contributed by atoms with Gasteiger partial charge in [0.1, 0.15) is 0 Å². The number of rotatable bonds is 8. The highest BCUT2D eigenvalue weighted by Crippen LogP contribution is 2.60. The molecule has 0 nitrogen and oxygen atoms in total. The molecule has 1 rings (SSSR count). The zero-order valence-corrected chi connectivity index (χ0v) is 11.6. The van der Waals surface area contributed by atoms with E-state index in [9.17, 15) is 11.7 Å². The van der Waals surface area contributed by atoms with Gasteiger partial charge >= 0.3 is 0 Å². The van der Waals surface area contributed by atoms with Gasteiger partial charge in [0.05, 0.1) is 4.90 Å². The van der Waals surface area contributed by atoms with Gasteiger partial charge in [-0.1, -0.05) is 51.2 Å². The SMILES string of the molecule is CCCCCCCCc1ccc(S(F)(F)F)cc1. The predicted molar refractivity (Wildman–Crippen MR) is 72.7 cm³/mol. The normalized spacial score (nSPS) is 12.7. The maximum absolute atomic E-state index is 12.4. The summed E-state index contributed by atoms with van der Waals surface area (Å²) in [5.41, 5.74) is 1.01. The Morgan fingerprint density at radius 1 is 0.833 bits per heavy atom. The van der Waals surface area contributed by atoms with Crippen LogP contribution in [0.2, 0.25) is 0 Å². The summed E-state index contributed by atoms with van der Waals surface area (Å²) in [4.78, 5) is -0.478. The highest BCUT2D eigenvalue weighted by Gasteiger charge is 2.23. The molecule has 0 aromatic heterocycles. The summed E-state index contributed by atoms with van der Waals surface area (Å²) in [6.45, 7) is 2.18. The summed E-state index contributed by atoms with van der Waals surface area (Å²) in [6, 6.07) is 5.65. The molecule has 0 atom stereocenters. The number of unbranched alkanes of at least 4 members (excludes halogenated alkanes) is 5. The third kappa shape index (κ3) is 5.80. The van der Waals surface area contributed by atoms with Crippen LogP contribution in [0.15, 0.2) is 29.2 Å². The van der Waals surface area contributed by atoms with Crippen LogP contribution in [0, 0.1) is 0 Å². The van der Waals surface area contributed by atoms with Gasteiger partial charge in [-0.2, -0.15) is 0 Å². The minimum absolute atomic E-state index is 0.478. The van der Waals surface area contributed by atoms with Gasteiger partial charge in [0.15, 0.2) is 0 Å². The molecule has 0 saturated carbocycles. The first kappa shape index (κ1) is 15.4. The maximum atomic E-state index is 12.4. The fourth-order valence-corrected chi connectivity index (χ4v) is 2.36. The van der Waals surface area contributed by atoms with Crippen LogP contribution < -0.4 is 0 Å². The van der Waals surface area contributed by atoms with Gasteiger partial charge in [0.25, 0.3) is 0 Å². The van der Waals surface area contributed by atoms with Crippen molar-refractivity contribution in [3.63, 3.8) is 0 Å². The van der Waals surface area contributed by atoms with Crippen molar-refractivity contribution in [3.8, 4) is 0 Å². The summed E-state index contributed by atoms with van der Waals surface area (Å²) < 4.78 is 37.3. The second-order valence-corrected chi connectivity index (χ2v) is 5.85. The summed E-state index contributed by atoms with van der Waals surface area (Å²) in [7, 11) is 0. The monoisotopic (exact) mass is 278 g/mol. The largest absolute Gasteiger partial charge is 0.237 e. The maximum Gasteiger partial charge on any atom is 0.237 e. The van der Waals surface area contributed by atoms with Crippen molar-refractivity contribution in [1.29, 1.82) is 0 Å². The van der Waals surface area contributed by atoms with Crippen LogP contribution in [0.4, 0.5) is 11.7 Å². The molecule has 0 unspecified atom stereocenters. The molecule has 0 N–H and O–H groups in total. The molecule has 0 bridgehead atoms. The van der Waals surface area contributed by atoms with Crippen molar-refractivity contribution in [2.45, 2.75) is 56.8 Å². The average Bonchev–Trinajstić information content (AvgIpc) is 2.33. The van der Waals surface area contributed by atoms with E-state index in [0.29, 0.717) is 0 Å². The van der Waals surface area contributed by atoms with Crippen molar-refractivity contribution in [1.82, 2.24) is 0 Å². The fraction of sp³-hybridized carbons (Fsp3) is 0.571. The Bertz CT molecular complexity index is 330. The van der Waals surface area contributed by atoms with Gasteiger partial charge < -0.3 is 0 Å². The minimum atomic E-state index is -5.06. The highest BCUT2D eigenvalue weighted by atomic mass is 32.3. The van der Waals surface area contributed by atoms with Gasteiger partial charge in [0, 0.05) is 0 Å². The van der Waals surface area contributed by atoms with Gasteiger partial charge in [-0.3, -0.25) is 0 Å². The first-order valence-corrected chi connectivity index (χ1v) is 7.88. The van der Waals surface area contributed by atoms with Crippen LogP contribution >= 0.6 is 11.2 Å². The Morgan fingerprint density at radius 3 is 1.94 bits per heavy atom. The molecule has 0 heterocycles. The Hall–Kier alpha value is -0.640. The van der Waals surface area contributed by atoms with E-state index >= 15 is 0 Å². The first-order valence-electron chi connectivity index (χ1n) is 6.55. The summed E-state index contributed by atoms with van der Waals surface area (Å²) in [5, 5.41) is 0. The van der Waals surface area contributed by atoms with Crippen LogP contribution in [-0.2, 0) is 6.42 Å². The van der Waals surface area contributed by atoms with Crippen LogP contribution in [0.25, 0.3) is 0 Å². The van der Waals surface area contributed by atoms with Crippen LogP contribution in [0.1, 0.15) is 51.0 Å². The molecule has 1 aromatic carbocycles. The fourth-order valence-electron chi connectivity index (χ4n) is 1.92. The van der Waals surface area contributed by atoms with E-state index in [2.05, 4.69) is 6.92 Å². The van der Waals surface area contributed by atoms with Crippen molar-refractivity contribution in [2.75, 3.05) is 0 Å². The first-order chi connectivity index (χ1) is 8.54. The zero-order chi connectivity index (χ0) is 13.4. The molecule has 1 aromatic rings. The number of benzene rings is 1. The number of halogens is 3. The van der Waals surface area contributed by atoms with Crippen molar-refractivity contribution < 1.29 is 11.7 Å². The quantitative estimate of drug-likeness (QED) is 0.482. The lowest BCUT2D eigenvalue weighted by atomic mass is 10.1. The Morgan fingerprint density at radius 2 is 1.39 bits per heavy atom. The average molecular weight is 278 g/mol. The van der Waals surface area contributed by atoms with Crippen LogP contribution in [0.5, 0.6) is 0 Å². The molecule has 0 saturated heterocycles. The predicted octanol–water partition coefficient (Wildman–Crippen LogP) is 6.41. The number of aryl methyl sites for hydroxylation is 1. The molecule has 0 radical (unpaired) electrons. The van der Waals surface area contributed by atoms with E-state index in [4.69, 9.17) is 0 Å². The van der Waals surface area contributed by atoms with Gasteiger partial charge in [0.2, 0.25) is 11.2 Å². The summed E-state index contributed by atoms with van der Waals surface area (Å²) in [5.74, 6) is 0. The van der Waals surface area contributed by atoms with Crippen LogP contribution in [-0.4, -0.2) is 0 Å². The van der Waals surface area contributed by atoms with E-state index in [1.807, 2.05) is 0 Å². The smallest absolute Gasteiger partial charge is 0.120 e. The second-order valence-electron chi connectivity index (χ2n) is 4.57. The molecule has 104 valence electrons. The van der Waals surface area contributed by atoms with Crippen LogP contribution in [0.3, 0.4) is 0 Å². The van der Waals surface area contributed by atoms with E-state index in [1.54, 1.807) is 12.1 Å². The lowest BCUT2D eigenvalue weighted by Gasteiger charge is -2.10.